The van der Waals surface area contributed by atoms with E-state index in [1.807, 2.05) is 24.3 Å². The molecule has 0 aliphatic carbocycles. The number of rotatable bonds is 18. The van der Waals surface area contributed by atoms with Crippen LogP contribution in [0.5, 0.6) is 17.2 Å². The van der Waals surface area contributed by atoms with Gasteiger partial charge in [0.2, 0.25) is 9.84 Å². The fourth-order valence-electron chi connectivity index (χ4n) is 4.70. The first kappa shape index (κ1) is 35.6. The van der Waals surface area contributed by atoms with Crippen LogP contribution in [0.1, 0.15) is 51.5 Å². The van der Waals surface area contributed by atoms with Crippen LogP contribution in [0.2, 0.25) is 0 Å². The highest BCUT2D eigenvalue weighted by Gasteiger charge is 2.36. The normalized spacial score (nSPS) is 14.2. The molecule has 1 saturated heterocycles. The van der Waals surface area contributed by atoms with Crippen molar-refractivity contribution >= 4 is 27.9 Å². The summed E-state index contributed by atoms with van der Waals surface area (Å²) in [5, 5.41) is 0. The lowest BCUT2D eigenvalue weighted by Gasteiger charge is -2.40. The number of unbranched alkanes of at least 4 members (excludes halogenated alkanes) is 3. The van der Waals surface area contributed by atoms with Crippen molar-refractivity contribution in [2.45, 2.75) is 55.7 Å². The second kappa shape index (κ2) is 17.6. The van der Waals surface area contributed by atoms with Gasteiger partial charge in [-0.1, -0.05) is 31.6 Å². The minimum atomic E-state index is -3.83. The van der Waals surface area contributed by atoms with Crippen LogP contribution in [-0.2, 0) is 28.9 Å². The molecule has 0 atom stereocenters. The monoisotopic (exact) mass is 662 g/mol. The lowest BCUT2D eigenvalue weighted by Crippen LogP contribution is -2.45. The molecule has 0 spiro atoms. The molecule has 10 heteroatoms. The SMILES string of the molecule is C/C=C/C(=O)Oc1ccc(S(=O)(=O)c2ccc(OC(=O)/C=C/c3ccc(OCCCCCCOCC4(CC)COC4)cc3)cc2)cc1. The number of carbonyl (C=O) groups excluding carboxylic acids is 2. The summed E-state index contributed by atoms with van der Waals surface area (Å²) in [7, 11) is -3.83. The lowest BCUT2D eigenvalue weighted by atomic mass is 9.84. The predicted octanol–water partition coefficient (Wildman–Crippen LogP) is 7.00. The Kier molecular flexibility index (Phi) is 13.3. The van der Waals surface area contributed by atoms with E-state index in [4.69, 9.17) is 23.7 Å². The Hall–Kier alpha value is -4.25. The predicted molar refractivity (Wildman–Crippen MR) is 178 cm³/mol. The molecule has 1 heterocycles. The van der Waals surface area contributed by atoms with E-state index in [-0.39, 0.29) is 26.7 Å². The Bertz CT molecular complexity index is 1600. The van der Waals surface area contributed by atoms with Crippen LogP contribution in [-0.4, -0.2) is 53.4 Å². The Morgan fingerprint density at radius 3 is 1.79 bits per heavy atom. The first-order valence-electron chi connectivity index (χ1n) is 15.8. The van der Waals surface area contributed by atoms with Crippen molar-refractivity contribution in [2.24, 2.45) is 5.41 Å². The molecule has 0 radical (unpaired) electrons. The highest BCUT2D eigenvalue weighted by atomic mass is 32.2. The Morgan fingerprint density at radius 1 is 0.745 bits per heavy atom. The average molecular weight is 663 g/mol. The summed E-state index contributed by atoms with van der Waals surface area (Å²) in [6.45, 7) is 7.73. The van der Waals surface area contributed by atoms with Crippen LogP contribution in [0.15, 0.2) is 101 Å². The zero-order chi connectivity index (χ0) is 33.5. The van der Waals surface area contributed by atoms with Gasteiger partial charge in [0, 0.05) is 24.2 Å². The average Bonchev–Trinajstić information content (AvgIpc) is 3.05. The summed E-state index contributed by atoms with van der Waals surface area (Å²) in [6.07, 6.45) is 11.0. The molecule has 1 aliphatic rings. The number of benzene rings is 3. The Morgan fingerprint density at radius 2 is 1.28 bits per heavy atom. The molecule has 0 aromatic heterocycles. The molecule has 0 N–H and O–H groups in total. The van der Waals surface area contributed by atoms with Gasteiger partial charge in [0.15, 0.2) is 0 Å². The maximum Gasteiger partial charge on any atom is 0.336 e. The molecule has 3 aromatic rings. The third kappa shape index (κ3) is 10.9. The zero-order valence-electron chi connectivity index (χ0n) is 26.9. The first-order valence-corrected chi connectivity index (χ1v) is 17.3. The number of hydrogen-bond acceptors (Lipinski definition) is 9. The third-order valence-electron chi connectivity index (χ3n) is 7.73. The van der Waals surface area contributed by atoms with Crippen molar-refractivity contribution in [1.29, 1.82) is 0 Å². The molecular formula is C37H42O9S. The van der Waals surface area contributed by atoms with Crippen molar-refractivity contribution in [3.63, 3.8) is 0 Å². The molecule has 0 bridgehead atoms. The summed E-state index contributed by atoms with van der Waals surface area (Å²) >= 11 is 0. The van der Waals surface area contributed by atoms with Gasteiger partial charge in [-0.05, 0) is 105 Å². The summed E-state index contributed by atoms with van der Waals surface area (Å²) in [5.41, 5.74) is 1.05. The molecule has 250 valence electrons. The molecule has 1 aliphatic heterocycles. The Balaban J connectivity index is 1.14. The molecule has 0 amide bonds. The highest BCUT2D eigenvalue weighted by Crippen LogP contribution is 2.31. The van der Waals surface area contributed by atoms with E-state index in [0.717, 1.165) is 69.8 Å². The largest absolute Gasteiger partial charge is 0.494 e. The molecule has 4 rings (SSSR count). The zero-order valence-corrected chi connectivity index (χ0v) is 27.7. The van der Waals surface area contributed by atoms with Gasteiger partial charge < -0.3 is 23.7 Å². The fraction of sp³-hybridized carbons (Fsp3) is 0.351. The number of hydrogen-bond donors (Lipinski definition) is 0. The second-order valence-corrected chi connectivity index (χ2v) is 13.3. The van der Waals surface area contributed by atoms with Gasteiger partial charge >= 0.3 is 11.9 Å². The summed E-state index contributed by atoms with van der Waals surface area (Å²) < 4.78 is 53.5. The van der Waals surface area contributed by atoms with Gasteiger partial charge in [-0.3, -0.25) is 0 Å². The van der Waals surface area contributed by atoms with E-state index in [2.05, 4.69) is 6.92 Å². The van der Waals surface area contributed by atoms with E-state index in [0.29, 0.717) is 6.61 Å². The van der Waals surface area contributed by atoms with Crippen LogP contribution in [0, 0.1) is 5.41 Å². The molecule has 0 saturated carbocycles. The molecule has 47 heavy (non-hydrogen) atoms. The van der Waals surface area contributed by atoms with Gasteiger partial charge in [0.1, 0.15) is 17.2 Å². The summed E-state index contributed by atoms with van der Waals surface area (Å²) in [4.78, 5) is 24.0. The van der Waals surface area contributed by atoms with Crippen molar-refractivity contribution in [3.8, 4) is 17.2 Å². The van der Waals surface area contributed by atoms with Crippen molar-refractivity contribution in [3.05, 3.63) is 96.6 Å². The molecule has 1 fully saturated rings. The highest BCUT2D eigenvalue weighted by molar-refractivity contribution is 7.91. The van der Waals surface area contributed by atoms with Gasteiger partial charge in [-0.2, -0.15) is 0 Å². The summed E-state index contributed by atoms with van der Waals surface area (Å²) in [6, 6.07) is 18.5. The molecule has 9 nitrogen and oxygen atoms in total. The van der Waals surface area contributed by atoms with Crippen LogP contribution < -0.4 is 14.2 Å². The van der Waals surface area contributed by atoms with Crippen molar-refractivity contribution in [2.75, 3.05) is 33.0 Å². The van der Waals surface area contributed by atoms with Crippen molar-refractivity contribution < 1.29 is 41.7 Å². The van der Waals surface area contributed by atoms with Gasteiger partial charge in [-0.15, -0.1) is 0 Å². The van der Waals surface area contributed by atoms with Gasteiger partial charge in [0.25, 0.3) is 0 Å². The van der Waals surface area contributed by atoms with Crippen molar-refractivity contribution in [1.82, 2.24) is 0 Å². The molecule has 3 aromatic carbocycles. The summed E-state index contributed by atoms with van der Waals surface area (Å²) in [5.74, 6) is 0.0395. The van der Waals surface area contributed by atoms with E-state index in [9.17, 15) is 18.0 Å². The minimum absolute atomic E-state index is 0.0269. The number of sulfone groups is 1. The fourth-order valence-corrected chi connectivity index (χ4v) is 5.97. The minimum Gasteiger partial charge on any atom is -0.494 e. The van der Waals surface area contributed by atoms with Gasteiger partial charge in [-0.25, -0.2) is 18.0 Å². The Labute approximate surface area is 277 Å². The van der Waals surface area contributed by atoms with Crippen LogP contribution in [0.4, 0.5) is 0 Å². The van der Waals surface area contributed by atoms with E-state index < -0.39 is 21.8 Å². The van der Waals surface area contributed by atoms with Crippen LogP contribution in [0.25, 0.3) is 6.08 Å². The van der Waals surface area contributed by atoms with Crippen LogP contribution in [0.3, 0.4) is 0 Å². The number of ether oxygens (including phenoxy) is 5. The second-order valence-electron chi connectivity index (χ2n) is 11.4. The molecule has 0 unspecified atom stereocenters. The first-order chi connectivity index (χ1) is 22.7. The van der Waals surface area contributed by atoms with Crippen LogP contribution >= 0.6 is 0 Å². The number of carbonyl (C=O) groups is 2. The van der Waals surface area contributed by atoms with Gasteiger partial charge in [0.05, 0.1) is 36.2 Å². The third-order valence-corrected chi connectivity index (χ3v) is 9.51. The van der Waals surface area contributed by atoms with E-state index in [1.165, 1.54) is 60.7 Å². The lowest BCUT2D eigenvalue weighted by molar-refractivity contribution is -0.150. The standard InChI is InChI=1S/C37H42O9S/c1-3-9-35(38)45-31-15-19-33(20-16-31)47(40,41)34-21-17-32(18-22-34)46-36(39)23-12-29-10-13-30(14-11-29)44-25-8-6-5-7-24-42-26-37(4-2)27-43-28-37/h3,9-23H,4-8,24-28H2,1-2H3/b9-3+,23-12+. The molecular weight excluding hydrogens is 620 g/mol. The number of allylic oxidation sites excluding steroid dienone is 1. The topological polar surface area (TPSA) is 114 Å². The number of esters is 2. The maximum atomic E-state index is 13.0. The van der Waals surface area contributed by atoms with E-state index in [1.54, 1.807) is 19.1 Å². The smallest absolute Gasteiger partial charge is 0.336 e. The quantitative estimate of drug-likeness (QED) is 0.0615. The maximum absolute atomic E-state index is 13.0. The van der Waals surface area contributed by atoms with E-state index >= 15 is 0 Å².